The molecule has 0 saturated carbocycles. The molecular weight excluding hydrogens is 230 g/mol. The number of carbonyl (C=O) groups excluding carboxylic acids is 1. The van der Waals surface area contributed by atoms with E-state index < -0.39 is 5.91 Å². The van der Waals surface area contributed by atoms with Gasteiger partial charge in [0.05, 0.1) is 5.56 Å². The molecule has 6 nitrogen and oxygen atoms in total. The minimum Gasteiger partial charge on any atom is -0.366 e. The molecule has 6 heteroatoms. The molecule has 0 radical (unpaired) electrons. The van der Waals surface area contributed by atoms with Crippen LogP contribution in [0.4, 0.5) is 5.95 Å². The molecule has 2 N–H and O–H groups in total. The molecular formula is C12H17N5O. The smallest absolute Gasteiger partial charge is 0.251 e. The van der Waals surface area contributed by atoms with Gasteiger partial charge in [-0.1, -0.05) is 0 Å². The normalized spacial score (nSPS) is 24.0. The maximum atomic E-state index is 11.0. The van der Waals surface area contributed by atoms with Gasteiger partial charge in [0, 0.05) is 38.1 Å². The Balaban J connectivity index is 1.73. The van der Waals surface area contributed by atoms with E-state index in [-0.39, 0.29) is 0 Å². The average molecular weight is 247 g/mol. The molecule has 1 aromatic heterocycles. The number of rotatable bonds is 2. The van der Waals surface area contributed by atoms with E-state index in [1.54, 1.807) is 0 Å². The van der Waals surface area contributed by atoms with Gasteiger partial charge in [0.25, 0.3) is 5.91 Å². The maximum Gasteiger partial charge on any atom is 0.251 e. The molecule has 0 aromatic carbocycles. The van der Waals surface area contributed by atoms with E-state index in [1.165, 1.54) is 31.8 Å². The molecule has 0 spiro atoms. The first-order valence-electron chi connectivity index (χ1n) is 6.35. The molecule has 3 heterocycles. The minimum absolute atomic E-state index is 0.359. The van der Waals surface area contributed by atoms with E-state index in [4.69, 9.17) is 5.73 Å². The van der Waals surface area contributed by atoms with Gasteiger partial charge in [-0.25, -0.2) is 9.97 Å². The highest BCUT2D eigenvalue weighted by Crippen LogP contribution is 2.23. The van der Waals surface area contributed by atoms with E-state index in [9.17, 15) is 4.79 Å². The zero-order chi connectivity index (χ0) is 12.5. The van der Waals surface area contributed by atoms with E-state index in [0.717, 1.165) is 19.6 Å². The largest absolute Gasteiger partial charge is 0.366 e. The summed E-state index contributed by atoms with van der Waals surface area (Å²) in [6.45, 7) is 4.23. The number of piperazine rings is 1. The summed E-state index contributed by atoms with van der Waals surface area (Å²) in [5.74, 6) is 0.216. The lowest BCUT2D eigenvalue weighted by atomic mass is 10.1. The van der Waals surface area contributed by atoms with Crippen LogP contribution in [0.25, 0.3) is 0 Å². The lowest BCUT2D eigenvalue weighted by Crippen LogP contribution is -2.50. The second-order valence-corrected chi connectivity index (χ2v) is 4.91. The van der Waals surface area contributed by atoms with Crippen LogP contribution in [0.3, 0.4) is 0 Å². The van der Waals surface area contributed by atoms with Gasteiger partial charge in [0.1, 0.15) is 0 Å². The molecule has 2 aliphatic rings. The summed E-state index contributed by atoms with van der Waals surface area (Å²) in [7, 11) is 0. The van der Waals surface area contributed by atoms with Crippen LogP contribution in [-0.2, 0) is 0 Å². The molecule has 0 aliphatic carbocycles. The zero-order valence-electron chi connectivity index (χ0n) is 10.2. The van der Waals surface area contributed by atoms with Crippen molar-refractivity contribution in [1.82, 2.24) is 14.9 Å². The Morgan fingerprint density at radius 2 is 2.06 bits per heavy atom. The van der Waals surface area contributed by atoms with Crippen molar-refractivity contribution in [3.63, 3.8) is 0 Å². The van der Waals surface area contributed by atoms with Crippen LogP contribution in [0.15, 0.2) is 12.4 Å². The monoisotopic (exact) mass is 247 g/mol. The van der Waals surface area contributed by atoms with Gasteiger partial charge < -0.3 is 10.6 Å². The van der Waals surface area contributed by atoms with Crippen LogP contribution >= 0.6 is 0 Å². The Kier molecular flexibility index (Phi) is 2.87. The Morgan fingerprint density at radius 3 is 2.78 bits per heavy atom. The molecule has 18 heavy (non-hydrogen) atoms. The van der Waals surface area contributed by atoms with E-state index in [1.807, 2.05) is 0 Å². The molecule has 1 atom stereocenters. The van der Waals surface area contributed by atoms with Crippen molar-refractivity contribution in [2.45, 2.75) is 18.9 Å². The summed E-state index contributed by atoms with van der Waals surface area (Å²) in [4.78, 5) is 24.2. The fourth-order valence-electron chi connectivity index (χ4n) is 2.78. The van der Waals surface area contributed by atoms with Crippen molar-refractivity contribution in [2.24, 2.45) is 5.73 Å². The van der Waals surface area contributed by atoms with Gasteiger partial charge in [-0.05, 0) is 19.4 Å². The van der Waals surface area contributed by atoms with Crippen LogP contribution in [0, 0.1) is 0 Å². The summed E-state index contributed by atoms with van der Waals surface area (Å²) < 4.78 is 0. The van der Waals surface area contributed by atoms with Crippen LogP contribution < -0.4 is 10.6 Å². The number of carbonyl (C=O) groups is 1. The first-order chi connectivity index (χ1) is 8.74. The maximum absolute atomic E-state index is 11.0. The van der Waals surface area contributed by atoms with Gasteiger partial charge in [0.15, 0.2) is 0 Å². The highest BCUT2D eigenvalue weighted by atomic mass is 16.1. The van der Waals surface area contributed by atoms with Gasteiger partial charge in [0.2, 0.25) is 5.95 Å². The number of nitrogens with two attached hydrogens (primary N) is 1. The molecule has 2 saturated heterocycles. The molecule has 2 fully saturated rings. The number of hydrogen-bond acceptors (Lipinski definition) is 5. The van der Waals surface area contributed by atoms with Crippen molar-refractivity contribution < 1.29 is 4.79 Å². The number of amides is 1. The third-order valence-corrected chi connectivity index (χ3v) is 3.79. The lowest BCUT2D eigenvalue weighted by Gasteiger charge is -2.37. The van der Waals surface area contributed by atoms with E-state index >= 15 is 0 Å². The van der Waals surface area contributed by atoms with Crippen molar-refractivity contribution >= 4 is 11.9 Å². The topological polar surface area (TPSA) is 75.4 Å². The van der Waals surface area contributed by atoms with Crippen molar-refractivity contribution in [3.05, 3.63) is 18.0 Å². The number of primary amides is 1. The van der Waals surface area contributed by atoms with Crippen LogP contribution in [0.2, 0.25) is 0 Å². The van der Waals surface area contributed by atoms with Gasteiger partial charge >= 0.3 is 0 Å². The molecule has 1 unspecified atom stereocenters. The SMILES string of the molecule is NC(=O)c1cnc(N2CCN3CCCC3C2)nc1. The highest BCUT2D eigenvalue weighted by molar-refractivity contribution is 5.92. The van der Waals surface area contributed by atoms with Crippen molar-refractivity contribution in [3.8, 4) is 0 Å². The number of anilines is 1. The van der Waals surface area contributed by atoms with Crippen LogP contribution in [0.5, 0.6) is 0 Å². The van der Waals surface area contributed by atoms with Crippen molar-refractivity contribution in [1.29, 1.82) is 0 Å². The zero-order valence-corrected chi connectivity index (χ0v) is 10.2. The number of aromatic nitrogens is 2. The Labute approximate surface area is 106 Å². The third-order valence-electron chi connectivity index (χ3n) is 3.79. The predicted octanol–water partition coefficient (Wildman–Crippen LogP) is -0.140. The van der Waals surface area contributed by atoms with Gasteiger partial charge in [-0.3, -0.25) is 9.69 Å². The number of hydrogen-bond donors (Lipinski definition) is 1. The first kappa shape index (κ1) is 11.4. The predicted molar refractivity (Wildman–Crippen MR) is 67.4 cm³/mol. The quantitative estimate of drug-likeness (QED) is 0.787. The standard InChI is InChI=1S/C12H17N5O/c13-11(18)9-6-14-12(15-7-9)17-5-4-16-3-1-2-10(16)8-17/h6-7,10H,1-5,8H2,(H2,13,18). The molecule has 2 aliphatic heterocycles. The number of fused-ring (bicyclic) bond motifs is 1. The Morgan fingerprint density at radius 1 is 1.28 bits per heavy atom. The fraction of sp³-hybridized carbons (Fsp3) is 0.583. The summed E-state index contributed by atoms with van der Waals surface area (Å²) in [6.07, 6.45) is 5.56. The Hall–Kier alpha value is -1.69. The lowest BCUT2D eigenvalue weighted by molar-refractivity contribution is 0.0999. The summed E-state index contributed by atoms with van der Waals surface area (Å²) in [5.41, 5.74) is 5.53. The second-order valence-electron chi connectivity index (χ2n) is 4.91. The average Bonchev–Trinajstić information content (AvgIpc) is 2.86. The summed E-state index contributed by atoms with van der Waals surface area (Å²) in [6, 6.07) is 0.637. The van der Waals surface area contributed by atoms with E-state index in [2.05, 4.69) is 19.8 Å². The molecule has 96 valence electrons. The first-order valence-corrected chi connectivity index (χ1v) is 6.35. The van der Waals surface area contributed by atoms with Gasteiger partial charge in [-0.15, -0.1) is 0 Å². The molecule has 3 rings (SSSR count). The minimum atomic E-state index is -0.484. The molecule has 0 bridgehead atoms. The Bertz CT molecular complexity index is 446. The molecule has 1 amide bonds. The highest BCUT2D eigenvalue weighted by Gasteiger charge is 2.31. The van der Waals surface area contributed by atoms with Crippen molar-refractivity contribution in [2.75, 3.05) is 31.1 Å². The summed E-state index contributed by atoms with van der Waals surface area (Å²) in [5, 5.41) is 0. The summed E-state index contributed by atoms with van der Waals surface area (Å²) >= 11 is 0. The molecule has 1 aromatic rings. The second kappa shape index (κ2) is 4.53. The third kappa shape index (κ3) is 2.03. The van der Waals surface area contributed by atoms with Gasteiger partial charge in [-0.2, -0.15) is 0 Å². The van der Waals surface area contributed by atoms with Crippen LogP contribution in [-0.4, -0.2) is 53.0 Å². The van der Waals surface area contributed by atoms with E-state index in [0.29, 0.717) is 17.6 Å². The fourth-order valence-corrected chi connectivity index (χ4v) is 2.78. The number of nitrogens with zero attached hydrogens (tertiary/aromatic N) is 4. The van der Waals surface area contributed by atoms with Crippen LogP contribution in [0.1, 0.15) is 23.2 Å².